The third-order valence-electron chi connectivity index (χ3n) is 5.62. The Kier molecular flexibility index (Phi) is 6.93. The zero-order chi connectivity index (χ0) is 24.1. The van der Waals surface area contributed by atoms with Crippen LogP contribution >= 0.6 is 0 Å². The van der Waals surface area contributed by atoms with Crippen molar-refractivity contribution in [3.63, 3.8) is 0 Å². The molecule has 0 unspecified atom stereocenters. The minimum Gasteiger partial charge on any atom is -0.483 e. The van der Waals surface area contributed by atoms with E-state index < -0.39 is 0 Å². The lowest BCUT2D eigenvalue weighted by atomic mass is 10.0. The number of carbonyl (C=O) groups is 2. The summed E-state index contributed by atoms with van der Waals surface area (Å²) in [5.74, 6) is 0.555. The van der Waals surface area contributed by atoms with Crippen LogP contribution < -0.4 is 15.4 Å². The molecule has 0 atom stereocenters. The molecule has 5 heteroatoms. The predicted octanol–water partition coefficient (Wildman–Crippen LogP) is 6.54. The number of anilines is 2. The maximum absolute atomic E-state index is 12.7. The van der Waals surface area contributed by atoms with E-state index in [-0.39, 0.29) is 18.4 Å². The van der Waals surface area contributed by atoms with Gasteiger partial charge in [-0.1, -0.05) is 62.4 Å². The van der Waals surface area contributed by atoms with E-state index in [1.165, 1.54) is 0 Å². The number of rotatable bonds is 7. The molecule has 0 spiro atoms. The molecule has 0 fully saturated rings. The summed E-state index contributed by atoms with van der Waals surface area (Å²) < 4.78 is 5.80. The lowest BCUT2D eigenvalue weighted by Crippen LogP contribution is -2.20. The van der Waals surface area contributed by atoms with Gasteiger partial charge in [-0.05, 0) is 65.8 Å². The molecule has 2 amide bonds. The molecule has 0 heterocycles. The van der Waals surface area contributed by atoms with Gasteiger partial charge in [0.25, 0.3) is 11.8 Å². The molecule has 0 saturated heterocycles. The summed E-state index contributed by atoms with van der Waals surface area (Å²) in [6.45, 7) is 6.09. The highest BCUT2D eigenvalue weighted by Crippen LogP contribution is 2.27. The third-order valence-corrected chi connectivity index (χ3v) is 5.62. The number of nitrogens with one attached hydrogen (secondary N) is 2. The summed E-state index contributed by atoms with van der Waals surface area (Å²) in [7, 11) is 0. The van der Waals surface area contributed by atoms with Crippen molar-refractivity contribution in [3.05, 3.63) is 102 Å². The minimum atomic E-state index is -0.260. The molecule has 0 aliphatic rings. The van der Waals surface area contributed by atoms with Crippen LogP contribution in [-0.4, -0.2) is 18.4 Å². The molecular formula is C29H28N2O3. The lowest BCUT2D eigenvalue weighted by molar-refractivity contribution is -0.118. The van der Waals surface area contributed by atoms with Gasteiger partial charge >= 0.3 is 0 Å². The van der Waals surface area contributed by atoms with E-state index >= 15 is 0 Å². The van der Waals surface area contributed by atoms with E-state index in [1.54, 1.807) is 24.3 Å². The van der Waals surface area contributed by atoms with Crippen molar-refractivity contribution in [3.8, 4) is 5.75 Å². The van der Waals surface area contributed by atoms with Gasteiger partial charge in [0.05, 0.1) is 0 Å². The predicted molar refractivity (Wildman–Crippen MR) is 138 cm³/mol. The highest BCUT2D eigenvalue weighted by atomic mass is 16.5. The summed E-state index contributed by atoms with van der Waals surface area (Å²) in [6.07, 6.45) is 0. The van der Waals surface area contributed by atoms with Gasteiger partial charge in [-0.25, -0.2) is 0 Å². The molecule has 0 saturated carbocycles. The van der Waals surface area contributed by atoms with Crippen LogP contribution in [0.15, 0.2) is 84.9 Å². The van der Waals surface area contributed by atoms with Crippen LogP contribution in [0, 0.1) is 6.92 Å². The van der Waals surface area contributed by atoms with Gasteiger partial charge in [0.15, 0.2) is 6.61 Å². The monoisotopic (exact) mass is 452 g/mol. The zero-order valence-corrected chi connectivity index (χ0v) is 19.6. The van der Waals surface area contributed by atoms with Crippen molar-refractivity contribution in [2.24, 2.45) is 0 Å². The fourth-order valence-corrected chi connectivity index (χ4v) is 3.82. The van der Waals surface area contributed by atoms with E-state index in [9.17, 15) is 9.59 Å². The molecule has 4 aromatic carbocycles. The number of aryl methyl sites for hydroxylation is 1. The smallest absolute Gasteiger partial charge is 0.262 e. The number of ether oxygens (including phenoxy) is 1. The number of fused-ring (bicyclic) bond motifs is 1. The standard InChI is InChI=1S/C29H28N2O3/c1-19(2)24-16-11-20(3)17-27(24)34-18-28(32)30-23-14-12-22(13-15-23)29(33)31-26-10-6-8-21-7-4-5-9-25(21)26/h4-17,19H,18H2,1-3H3,(H,30,32)(H,31,33). The average Bonchev–Trinajstić information content (AvgIpc) is 2.83. The molecule has 0 aromatic heterocycles. The van der Waals surface area contributed by atoms with E-state index in [0.29, 0.717) is 17.2 Å². The second-order valence-corrected chi connectivity index (χ2v) is 8.59. The first-order valence-electron chi connectivity index (χ1n) is 11.3. The number of carbonyl (C=O) groups excluding carboxylic acids is 2. The summed E-state index contributed by atoms with van der Waals surface area (Å²) >= 11 is 0. The van der Waals surface area contributed by atoms with Crippen LogP contribution in [0.2, 0.25) is 0 Å². The van der Waals surface area contributed by atoms with Crippen molar-refractivity contribution >= 4 is 34.0 Å². The molecule has 0 aliphatic carbocycles. The van der Waals surface area contributed by atoms with Crippen LogP contribution in [0.4, 0.5) is 11.4 Å². The van der Waals surface area contributed by atoms with Gasteiger partial charge in [0.2, 0.25) is 0 Å². The summed E-state index contributed by atoms with van der Waals surface area (Å²) in [6, 6.07) is 26.5. The molecule has 0 aliphatic heterocycles. The zero-order valence-electron chi connectivity index (χ0n) is 19.6. The quantitative estimate of drug-likeness (QED) is 0.334. The molecule has 5 nitrogen and oxygen atoms in total. The molecule has 4 aromatic rings. The summed E-state index contributed by atoms with van der Waals surface area (Å²) in [5, 5.41) is 7.84. The van der Waals surface area contributed by atoms with Crippen molar-refractivity contribution in [2.45, 2.75) is 26.7 Å². The number of hydrogen-bond acceptors (Lipinski definition) is 3. The van der Waals surface area contributed by atoms with Gasteiger partial charge in [-0.3, -0.25) is 9.59 Å². The van der Waals surface area contributed by atoms with E-state index in [4.69, 9.17) is 4.74 Å². The van der Waals surface area contributed by atoms with Gasteiger partial charge in [0.1, 0.15) is 5.75 Å². The summed E-state index contributed by atoms with van der Waals surface area (Å²) in [5.41, 5.74) is 4.01. The maximum atomic E-state index is 12.7. The second-order valence-electron chi connectivity index (χ2n) is 8.59. The highest BCUT2D eigenvalue weighted by molar-refractivity contribution is 6.09. The first kappa shape index (κ1) is 23.1. The van der Waals surface area contributed by atoms with E-state index in [1.807, 2.05) is 67.6 Å². The Morgan fingerprint density at radius 2 is 1.59 bits per heavy atom. The maximum Gasteiger partial charge on any atom is 0.262 e. The normalized spacial score (nSPS) is 10.8. The van der Waals surface area contributed by atoms with Crippen LogP contribution in [0.3, 0.4) is 0 Å². The largest absolute Gasteiger partial charge is 0.483 e. The van der Waals surface area contributed by atoms with Crippen LogP contribution in [0.5, 0.6) is 5.75 Å². The molecule has 0 bridgehead atoms. The topological polar surface area (TPSA) is 67.4 Å². The molecular weight excluding hydrogens is 424 g/mol. The van der Waals surface area contributed by atoms with E-state index in [2.05, 4.69) is 24.5 Å². The fraction of sp³-hybridized carbons (Fsp3) is 0.172. The number of hydrogen-bond donors (Lipinski definition) is 2. The Hall–Kier alpha value is -4.12. The Bertz CT molecular complexity index is 1320. The Morgan fingerprint density at radius 3 is 2.35 bits per heavy atom. The average molecular weight is 453 g/mol. The molecule has 4 rings (SSSR count). The number of amides is 2. The van der Waals surface area contributed by atoms with Crippen LogP contribution in [-0.2, 0) is 4.79 Å². The minimum absolute atomic E-state index is 0.0908. The Labute approximate surface area is 199 Å². The molecule has 0 radical (unpaired) electrons. The SMILES string of the molecule is Cc1ccc(C(C)C)c(OCC(=O)Nc2ccc(C(=O)Nc3cccc4ccccc34)cc2)c1. The first-order chi connectivity index (χ1) is 16.4. The van der Waals surface area contributed by atoms with E-state index in [0.717, 1.165) is 33.3 Å². The van der Waals surface area contributed by atoms with Gasteiger partial charge in [0, 0.05) is 22.3 Å². The van der Waals surface area contributed by atoms with Crippen LogP contribution in [0.25, 0.3) is 10.8 Å². The molecule has 34 heavy (non-hydrogen) atoms. The van der Waals surface area contributed by atoms with Crippen molar-refractivity contribution in [2.75, 3.05) is 17.2 Å². The third kappa shape index (κ3) is 5.44. The van der Waals surface area contributed by atoms with Crippen molar-refractivity contribution in [1.82, 2.24) is 0 Å². The Balaban J connectivity index is 1.37. The van der Waals surface area contributed by atoms with Gasteiger partial charge < -0.3 is 15.4 Å². The summed E-state index contributed by atoms with van der Waals surface area (Å²) in [4.78, 5) is 25.2. The molecule has 2 N–H and O–H groups in total. The van der Waals surface area contributed by atoms with Gasteiger partial charge in [-0.2, -0.15) is 0 Å². The van der Waals surface area contributed by atoms with Gasteiger partial charge in [-0.15, -0.1) is 0 Å². The number of benzene rings is 4. The molecule has 172 valence electrons. The first-order valence-corrected chi connectivity index (χ1v) is 11.3. The van der Waals surface area contributed by atoms with Crippen molar-refractivity contribution < 1.29 is 14.3 Å². The van der Waals surface area contributed by atoms with Crippen molar-refractivity contribution in [1.29, 1.82) is 0 Å². The van der Waals surface area contributed by atoms with Crippen LogP contribution in [0.1, 0.15) is 41.3 Å². The Morgan fingerprint density at radius 1 is 0.853 bits per heavy atom. The second kappa shape index (κ2) is 10.2. The fourth-order valence-electron chi connectivity index (χ4n) is 3.82. The lowest BCUT2D eigenvalue weighted by Gasteiger charge is -2.15. The highest BCUT2D eigenvalue weighted by Gasteiger charge is 2.12.